The first-order valence-corrected chi connectivity index (χ1v) is 7.12. The molecule has 22 heavy (non-hydrogen) atoms. The van der Waals surface area contributed by atoms with Crippen molar-refractivity contribution in [1.82, 2.24) is 9.99 Å². The Bertz CT molecular complexity index is 793. The second kappa shape index (κ2) is 6.48. The van der Waals surface area contributed by atoms with E-state index in [4.69, 9.17) is 15.2 Å². The predicted molar refractivity (Wildman–Crippen MR) is 85.0 cm³/mol. The van der Waals surface area contributed by atoms with Crippen molar-refractivity contribution < 1.29 is 14.3 Å². The number of aromatic nitrogens is 1. The van der Waals surface area contributed by atoms with Crippen molar-refractivity contribution in [2.24, 2.45) is 10.8 Å². The zero-order valence-electron chi connectivity index (χ0n) is 12.4. The average Bonchev–Trinajstić information content (AvgIpc) is 2.78. The van der Waals surface area contributed by atoms with Crippen LogP contribution in [0.1, 0.15) is 6.92 Å². The van der Waals surface area contributed by atoms with Crippen molar-refractivity contribution >= 4 is 33.3 Å². The van der Waals surface area contributed by atoms with Gasteiger partial charge in [0, 0.05) is 12.1 Å². The molecule has 0 aliphatic rings. The highest BCUT2D eigenvalue weighted by atomic mass is 32.1. The van der Waals surface area contributed by atoms with Gasteiger partial charge < -0.3 is 15.2 Å². The van der Waals surface area contributed by atoms with Gasteiger partial charge in [0.2, 0.25) is 0 Å². The summed E-state index contributed by atoms with van der Waals surface area (Å²) in [7, 11) is 3.07. The molecule has 0 unspecified atom stereocenters. The second-order valence-corrected chi connectivity index (χ2v) is 5.45. The van der Waals surface area contributed by atoms with Gasteiger partial charge in [0.25, 0.3) is 0 Å². The van der Waals surface area contributed by atoms with Gasteiger partial charge in [-0.2, -0.15) is 5.10 Å². The largest absolute Gasteiger partial charge is 0.493 e. The molecule has 1 heterocycles. The van der Waals surface area contributed by atoms with Crippen molar-refractivity contribution in [2.75, 3.05) is 14.2 Å². The molecule has 2 aromatic rings. The number of rotatable bonds is 5. The number of nitrogens with zero attached hydrogens (tertiary/aromatic N) is 2. The predicted octanol–water partition coefficient (Wildman–Crippen LogP) is 1.12. The topological polar surface area (TPSA) is 108 Å². The molecule has 8 nitrogen and oxygen atoms in total. The summed E-state index contributed by atoms with van der Waals surface area (Å²) in [6, 6.07) is 2.74. The van der Waals surface area contributed by atoms with Gasteiger partial charge in [0.1, 0.15) is 0 Å². The summed E-state index contributed by atoms with van der Waals surface area (Å²) in [5.74, 6) is 1.09. The van der Waals surface area contributed by atoms with Crippen molar-refractivity contribution in [3.63, 3.8) is 0 Å². The number of hydrogen-bond acceptors (Lipinski definition) is 6. The maximum atomic E-state index is 12.1. The number of nitrogens with two attached hydrogens (primary N) is 1. The summed E-state index contributed by atoms with van der Waals surface area (Å²) >= 11 is 1.10. The number of fused-ring (bicyclic) bond motifs is 1. The van der Waals surface area contributed by atoms with Gasteiger partial charge in [-0.1, -0.05) is 11.3 Å². The highest BCUT2D eigenvalue weighted by Crippen LogP contribution is 2.33. The Morgan fingerprint density at radius 1 is 1.36 bits per heavy atom. The summed E-state index contributed by atoms with van der Waals surface area (Å²) in [5, 5.41) is 3.80. The number of urea groups is 1. The highest BCUT2D eigenvalue weighted by Gasteiger charge is 2.13. The molecule has 0 atom stereocenters. The monoisotopic (exact) mass is 324 g/mol. The van der Waals surface area contributed by atoms with Crippen molar-refractivity contribution in [3.8, 4) is 11.5 Å². The number of nitrogens with one attached hydrogen (secondary N) is 1. The van der Waals surface area contributed by atoms with Gasteiger partial charge in [-0.25, -0.2) is 10.2 Å². The molecule has 2 rings (SSSR count). The lowest BCUT2D eigenvalue weighted by molar-refractivity contribution is 0.249. The molecule has 3 N–H and O–H groups in total. The van der Waals surface area contributed by atoms with E-state index in [-0.39, 0.29) is 11.4 Å². The van der Waals surface area contributed by atoms with Gasteiger partial charge in [-0.15, -0.1) is 0 Å². The fourth-order valence-corrected chi connectivity index (χ4v) is 2.86. The molecule has 0 aliphatic heterocycles. The molecule has 1 aromatic carbocycles. The van der Waals surface area contributed by atoms with Gasteiger partial charge in [0.15, 0.2) is 11.5 Å². The SMILES string of the molecule is COc1cc2sc(=O)n(C/C(C)=N/NC(N)=O)c2cc1OC. The summed E-state index contributed by atoms with van der Waals surface area (Å²) < 4.78 is 12.8. The first-order valence-electron chi connectivity index (χ1n) is 6.30. The lowest BCUT2D eigenvalue weighted by atomic mass is 10.3. The van der Waals surface area contributed by atoms with Crippen molar-refractivity contribution in [1.29, 1.82) is 0 Å². The number of methoxy groups -OCH3 is 2. The van der Waals surface area contributed by atoms with E-state index < -0.39 is 6.03 Å². The number of hydrogen-bond donors (Lipinski definition) is 2. The van der Waals surface area contributed by atoms with E-state index in [0.29, 0.717) is 22.7 Å². The lowest BCUT2D eigenvalue weighted by Crippen LogP contribution is -2.27. The minimum Gasteiger partial charge on any atom is -0.493 e. The van der Waals surface area contributed by atoms with Crippen LogP contribution in [0.25, 0.3) is 10.2 Å². The average molecular weight is 324 g/mol. The van der Waals surface area contributed by atoms with Crippen LogP contribution in [0.15, 0.2) is 22.0 Å². The molecule has 118 valence electrons. The third-order valence-electron chi connectivity index (χ3n) is 2.92. The molecular weight excluding hydrogens is 308 g/mol. The molecule has 2 amide bonds. The highest BCUT2D eigenvalue weighted by molar-refractivity contribution is 7.16. The van der Waals surface area contributed by atoms with E-state index in [0.717, 1.165) is 16.0 Å². The van der Waals surface area contributed by atoms with Crippen LogP contribution >= 0.6 is 11.3 Å². The van der Waals surface area contributed by atoms with Gasteiger partial charge in [0.05, 0.1) is 36.7 Å². The van der Waals surface area contributed by atoms with Gasteiger partial charge in [-0.05, 0) is 6.92 Å². The number of thiazole rings is 1. The Balaban J connectivity index is 2.46. The third-order valence-corrected chi connectivity index (χ3v) is 3.86. The first kappa shape index (κ1) is 15.8. The van der Waals surface area contributed by atoms with Crippen LogP contribution in [0.4, 0.5) is 4.79 Å². The number of ether oxygens (including phenoxy) is 2. The fraction of sp³-hybridized carbons (Fsp3) is 0.308. The van der Waals surface area contributed by atoms with E-state index in [9.17, 15) is 9.59 Å². The van der Waals surface area contributed by atoms with Gasteiger partial charge >= 0.3 is 10.9 Å². The molecule has 0 aliphatic carbocycles. The Hall–Kier alpha value is -2.55. The molecule has 9 heteroatoms. The van der Waals surface area contributed by atoms with Gasteiger partial charge in [-0.3, -0.25) is 9.36 Å². The summed E-state index contributed by atoms with van der Waals surface area (Å²) in [6.45, 7) is 1.92. The zero-order chi connectivity index (χ0) is 16.3. The van der Waals surface area contributed by atoms with Crippen LogP contribution in [0, 0.1) is 0 Å². The number of amides is 2. The van der Waals surface area contributed by atoms with E-state index >= 15 is 0 Å². The van der Waals surface area contributed by atoms with E-state index in [1.54, 1.807) is 23.6 Å². The normalized spacial score (nSPS) is 11.5. The number of hydrazone groups is 1. The third kappa shape index (κ3) is 3.19. The Kier molecular flexibility index (Phi) is 4.66. The van der Waals surface area contributed by atoms with Crippen molar-refractivity contribution in [2.45, 2.75) is 13.5 Å². The summed E-state index contributed by atoms with van der Waals surface area (Å²) in [5.41, 5.74) is 8.33. The lowest BCUT2D eigenvalue weighted by Gasteiger charge is -2.09. The van der Waals surface area contributed by atoms with Crippen LogP contribution in [0.5, 0.6) is 11.5 Å². The van der Waals surface area contributed by atoms with Crippen LogP contribution in [0.3, 0.4) is 0 Å². The van der Waals surface area contributed by atoms with E-state index in [1.807, 2.05) is 0 Å². The second-order valence-electron chi connectivity index (χ2n) is 4.45. The Labute approximate surface area is 130 Å². The zero-order valence-corrected chi connectivity index (χ0v) is 13.2. The molecule has 0 fully saturated rings. The van der Waals surface area contributed by atoms with Crippen LogP contribution in [-0.2, 0) is 6.54 Å². The molecule has 0 saturated carbocycles. The summed E-state index contributed by atoms with van der Waals surface area (Å²) in [4.78, 5) is 22.7. The standard InChI is InChI=1S/C13H16N4O4S/c1-7(15-16-12(14)18)6-17-8-4-9(20-2)10(21-3)5-11(8)22-13(17)19/h4-5H,6H2,1-3H3,(H3,14,16,18)/b15-7+. The number of benzene rings is 1. The first-order chi connectivity index (χ1) is 10.5. The smallest absolute Gasteiger partial charge is 0.332 e. The number of carbonyl (C=O) groups is 1. The minimum atomic E-state index is -0.756. The number of primary amides is 1. The maximum absolute atomic E-state index is 12.1. The summed E-state index contributed by atoms with van der Waals surface area (Å²) in [6.07, 6.45) is 0. The molecule has 0 bridgehead atoms. The molecule has 0 spiro atoms. The van der Waals surface area contributed by atoms with E-state index in [2.05, 4.69) is 10.5 Å². The quantitative estimate of drug-likeness (QED) is 0.634. The molecule has 1 aromatic heterocycles. The van der Waals surface area contributed by atoms with Crippen LogP contribution < -0.4 is 25.5 Å². The Morgan fingerprint density at radius 2 is 2.00 bits per heavy atom. The molecular formula is C13H16N4O4S. The van der Waals surface area contributed by atoms with E-state index in [1.165, 1.54) is 14.2 Å². The molecule has 0 radical (unpaired) electrons. The molecule has 0 saturated heterocycles. The Morgan fingerprint density at radius 3 is 2.59 bits per heavy atom. The maximum Gasteiger partial charge on any atom is 0.332 e. The fourth-order valence-electron chi connectivity index (χ4n) is 1.95. The van der Waals surface area contributed by atoms with Crippen LogP contribution in [0.2, 0.25) is 0 Å². The van der Waals surface area contributed by atoms with Crippen molar-refractivity contribution in [3.05, 3.63) is 21.8 Å². The van der Waals surface area contributed by atoms with Crippen LogP contribution in [-0.4, -0.2) is 30.5 Å². The number of carbonyl (C=O) groups excluding carboxylic acids is 1. The minimum absolute atomic E-state index is 0.140.